The first-order chi connectivity index (χ1) is 19.2. The van der Waals surface area contributed by atoms with Crippen LogP contribution in [-0.4, -0.2) is 43.3 Å². The lowest BCUT2D eigenvalue weighted by atomic mass is 9.96. The van der Waals surface area contributed by atoms with Crippen LogP contribution in [0.3, 0.4) is 0 Å². The Balaban J connectivity index is 1.92. The number of aromatic nitrogens is 2. The molecule has 0 aliphatic rings. The number of rotatable bonds is 10. The first-order valence-electron chi connectivity index (χ1n) is 13.4. The molecule has 0 radical (unpaired) electrons. The van der Waals surface area contributed by atoms with Crippen molar-refractivity contribution in [3.05, 3.63) is 75.6 Å². The third-order valence-electron chi connectivity index (χ3n) is 6.89. The smallest absolute Gasteiger partial charge is 0.282 e. The Morgan fingerprint density at radius 2 is 1.60 bits per heavy atom. The highest BCUT2D eigenvalue weighted by atomic mass is 16.5. The number of benzene rings is 3. The molecule has 0 fully saturated rings. The normalized spacial score (nSPS) is 12.2. The maximum atomic E-state index is 13.8. The maximum Gasteiger partial charge on any atom is 0.282 e. The third kappa shape index (κ3) is 5.66. The lowest BCUT2D eigenvalue weighted by molar-refractivity contribution is 0.198. The number of fused-ring (bicyclic) bond motifs is 1. The van der Waals surface area contributed by atoms with Crippen molar-refractivity contribution >= 4 is 17.1 Å². The Kier molecular flexibility index (Phi) is 8.77. The average molecular weight is 544 g/mol. The number of nitrogens with zero attached hydrogens (tertiary/aromatic N) is 3. The molecule has 0 aliphatic heterocycles. The van der Waals surface area contributed by atoms with Gasteiger partial charge in [-0.3, -0.25) is 4.79 Å². The van der Waals surface area contributed by atoms with E-state index in [-0.39, 0.29) is 17.6 Å². The predicted octanol–water partition coefficient (Wildman–Crippen LogP) is 6.58. The van der Waals surface area contributed by atoms with Gasteiger partial charge in [-0.25, -0.2) is 4.98 Å². The van der Waals surface area contributed by atoms with Gasteiger partial charge in [0.25, 0.3) is 5.56 Å². The van der Waals surface area contributed by atoms with Crippen molar-refractivity contribution in [2.75, 3.05) is 21.3 Å². The summed E-state index contributed by atoms with van der Waals surface area (Å²) in [6.45, 7) is 10.2. The lowest BCUT2D eigenvalue weighted by Gasteiger charge is -2.19. The van der Waals surface area contributed by atoms with Crippen molar-refractivity contribution in [1.29, 1.82) is 0 Å². The Morgan fingerprint density at radius 1 is 0.950 bits per heavy atom. The Hall–Kier alpha value is -4.33. The molecular weight excluding hydrogens is 506 g/mol. The highest BCUT2D eigenvalue weighted by molar-refractivity contribution is 5.84. The van der Waals surface area contributed by atoms with Crippen molar-refractivity contribution < 1.29 is 18.9 Å². The highest BCUT2D eigenvalue weighted by Gasteiger charge is 2.19. The number of hydrogen-bond acceptors (Lipinski definition) is 7. The summed E-state index contributed by atoms with van der Waals surface area (Å²) in [4.78, 5) is 18.7. The Bertz CT molecular complexity index is 1580. The standard InChI is InChI=1S/C32H37N3O5/c1-9-21(5)40-30-28(38-7)15-22(16-29(30)39-8)18-33-35-31(34-26-13-11-10-12-23(26)32(35)36)25-17-24(19(2)3)27(37-6)14-20(25)4/h10-19,21H,9H2,1-8H3/t21-/m1/s1. The fourth-order valence-corrected chi connectivity index (χ4v) is 4.47. The molecule has 8 heteroatoms. The van der Waals surface area contributed by atoms with E-state index in [1.54, 1.807) is 45.7 Å². The molecule has 0 unspecified atom stereocenters. The molecule has 0 saturated heterocycles. The zero-order valence-electron chi connectivity index (χ0n) is 24.4. The molecule has 4 rings (SSSR count). The lowest BCUT2D eigenvalue weighted by Crippen LogP contribution is -2.21. The number of aryl methyl sites for hydroxylation is 1. The molecule has 1 aromatic heterocycles. The van der Waals surface area contributed by atoms with E-state index in [9.17, 15) is 4.79 Å². The summed E-state index contributed by atoms with van der Waals surface area (Å²) in [5, 5.41) is 5.13. The first-order valence-corrected chi connectivity index (χ1v) is 13.4. The van der Waals surface area contributed by atoms with Gasteiger partial charge >= 0.3 is 0 Å². The fourth-order valence-electron chi connectivity index (χ4n) is 4.47. The number of ether oxygens (including phenoxy) is 4. The summed E-state index contributed by atoms with van der Waals surface area (Å²) in [5.74, 6) is 2.99. The summed E-state index contributed by atoms with van der Waals surface area (Å²) < 4.78 is 24.3. The van der Waals surface area contributed by atoms with Gasteiger partial charge in [-0.2, -0.15) is 9.78 Å². The molecule has 8 nitrogen and oxygen atoms in total. The van der Waals surface area contributed by atoms with E-state index in [1.165, 1.54) is 4.68 Å². The minimum atomic E-state index is -0.270. The van der Waals surface area contributed by atoms with Crippen molar-refractivity contribution in [3.63, 3.8) is 0 Å². The molecule has 0 N–H and O–H groups in total. The third-order valence-corrected chi connectivity index (χ3v) is 6.89. The van der Waals surface area contributed by atoms with Gasteiger partial charge in [0.2, 0.25) is 5.75 Å². The summed E-state index contributed by atoms with van der Waals surface area (Å²) in [5.41, 5.74) is 3.75. The molecule has 0 saturated carbocycles. The van der Waals surface area contributed by atoms with Crippen LogP contribution < -0.4 is 24.5 Å². The van der Waals surface area contributed by atoms with Gasteiger partial charge < -0.3 is 18.9 Å². The minimum Gasteiger partial charge on any atom is -0.496 e. The van der Waals surface area contributed by atoms with Gasteiger partial charge in [-0.1, -0.05) is 32.9 Å². The van der Waals surface area contributed by atoms with Gasteiger partial charge in [0.1, 0.15) is 5.75 Å². The summed E-state index contributed by atoms with van der Waals surface area (Å²) in [6, 6.07) is 14.9. The zero-order valence-corrected chi connectivity index (χ0v) is 24.4. The van der Waals surface area contributed by atoms with Crippen LogP contribution in [0, 0.1) is 6.92 Å². The number of hydrogen-bond donors (Lipinski definition) is 0. The summed E-state index contributed by atoms with van der Waals surface area (Å²) in [6.07, 6.45) is 2.41. The van der Waals surface area contributed by atoms with E-state index in [4.69, 9.17) is 23.9 Å². The van der Waals surface area contributed by atoms with Gasteiger partial charge in [-0.15, -0.1) is 0 Å². The monoisotopic (exact) mass is 543 g/mol. The van der Waals surface area contributed by atoms with Crippen LogP contribution in [0.1, 0.15) is 56.7 Å². The molecule has 0 spiro atoms. The first kappa shape index (κ1) is 28.7. The van der Waals surface area contributed by atoms with Crippen LogP contribution >= 0.6 is 0 Å². The van der Waals surface area contributed by atoms with Crippen molar-refractivity contribution in [1.82, 2.24) is 9.66 Å². The average Bonchev–Trinajstić information content (AvgIpc) is 2.96. The summed E-state index contributed by atoms with van der Waals surface area (Å²) >= 11 is 0. The SMILES string of the molecule is CC[C@@H](C)Oc1c(OC)cc(C=Nn2c(-c3cc(C(C)C)c(OC)cc3C)nc3ccccc3c2=O)cc1OC. The molecule has 1 heterocycles. The second-order valence-corrected chi connectivity index (χ2v) is 9.97. The van der Waals surface area contributed by atoms with E-state index in [0.717, 1.165) is 28.9 Å². The van der Waals surface area contributed by atoms with E-state index >= 15 is 0 Å². The van der Waals surface area contributed by atoms with Gasteiger partial charge in [0.05, 0.1) is 44.6 Å². The Labute approximate surface area is 235 Å². The van der Waals surface area contributed by atoms with Gasteiger partial charge in [0.15, 0.2) is 17.3 Å². The van der Waals surface area contributed by atoms with Crippen molar-refractivity contribution in [2.24, 2.45) is 5.10 Å². The largest absolute Gasteiger partial charge is 0.496 e. The molecule has 0 aliphatic carbocycles. The van der Waals surface area contributed by atoms with Gasteiger partial charge in [0, 0.05) is 11.1 Å². The van der Waals surface area contributed by atoms with E-state index in [0.29, 0.717) is 39.5 Å². The number of methoxy groups -OCH3 is 3. The van der Waals surface area contributed by atoms with Crippen molar-refractivity contribution in [2.45, 2.75) is 53.1 Å². The zero-order chi connectivity index (χ0) is 29.0. The van der Waals surface area contributed by atoms with Crippen molar-refractivity contribution in [3.8, 4) is 34.4 Å². The van der Waals surface area contributed by atoms with Crippen LogP contribution in [0.2, 0.25) is 0 Å². The second-order valence-electron chi connectivity index (χ2n) is 9.97. The molecule has 1 atom stereocenters. The van der Waals surface area contributed by atoms with E-state index < -0.39 is 0 Å². The molecule has 40 heavy (non-hydrogen) atoms. The molecular formula is C32H37N3O5. The van der Waals surface area contributed by atoms with Crippen LogP contribution in [0.25, 0.3) is 22.3 Å². The molecule has 4 aromatic rings. The molecule has 210 valence electrons. The Morgan fingerprint density at radius 3 is 2.20 bits per heavy atom. The summed E-state index contributed by atoms with van der Waals surface area (Å²) in [7, 11) is 4.82. The molecule has 3 aromatic carbocycles. The maximum absolute atomic E-state index is 13.8. The minimum absolute atomic E-state index is 0.0180. The van der Waals surface area contributed by atoms with Gasteiger partial charge in [-0.05, 0) is 73.7 Å². The van der Waals surface area contributed by atoms with Crippen LogP contribution in [0.4, 0.5) is 0 Å². The molecule has 0 amide bonds. The van der Waals surface area contributed by atoms with Crippen LogP contribution in [0.5, 0.6) is 23.0 Å². The second kappa shape index (κ2) is 12.2. The van der Waals surface area contributed by atoms with Crippen LogP contribution in [-0.2, 0) is 0 Å². The van der Waals surface area contributed by atoms with E-state index in [1.807, 2.05) is 51.1 Å². The van der Waals surface area contributed by atoms with E-state index in [2.05, 4.69) is 18.9 Å². The fraction of sp³-hybridized carbons (Fsp3) is 0.344. The highest BCUT2D eigenvalue weighted by Crippen LogP contribution is 2.39. The topological polar surface area (TPSA) is 84.2 Å². The number of para-hydroxylation sites is 1. The molecule has 0 bridgehead atoms. The van der Waals surface area contributed by atoms with Crippen LogP contribution in [0.15, 0.2) is 58.4 Å². The predicted molar refractivity (Wildman–Crippen MR) is 160 cm³/mol. The quantitative estimate of drug-likeness (QED) is 0.210.